The second-order valence-electron chi connectivity index (χ2n) is 4.15. The first kappa shape index (κ1) is 7.66. The topological polar surface area (TPSA) is 9.23 Å². The Bertz CT molecular complexity index is 313. The first-order valence-electron chi connectivity index (χ1n) is 4.35. The van der Waals surface area contributed by atoms with Crippen molar-refractivity contribution in [1.29, 1.82) is 0 Å². The van der Waals surface area contributed by atoms with Crippen LogP contribution in [0.2, 0.25) is 0 Å². The molecule has 64 valence electrons. The van der Waals surface area contributed by atoms with Crippen molar-refractivity contribution in [3.05, 3.63) is 29.3 Å². The zero-order chi connectivity index (χ0) is 8.77. The Hall–Kier alpha value is -0.980. The molecule has 0 unspecified atom stereocenters. The minimum atomic E-state index is -0.00384. The highest BCUT2D eigenvalue weighted by Gasteiger charge is 2.29. The van der Waals surface area contributed by atoms with Crippen molar-refractivity contribution >= 4 is 0 Å². The minimum absolute atomic E-state index is 0.00384. The van der Waals surface area contributed by atoms with Crippen molar-refractivity contribution in [2.24, 2.45) is 0 Å². The largest absolute Gasteiger partial charge is 0.487 e. The average molecular weight is 162 g/mol. The van der Waals surface area contributed by atoms with E-state index in [0.717, 1.165) is 12.2 Å². The third kappa shape index (κ3) is 1.20. The van der Waals surface area contributed by atoms with Gasteiger partial charge in [-0.3, -0.25) is 0 Å². The number of hydrogen-bond acceptors (Lipinski definition) is 1. The molecule has 1 aliphatic rings. The lowest BCUT2D eigenvalue weighted by atomic mass is 10.0. The molecule has 0 spiro atoms. The van der Waals surface area contributed by atoms with Gasteiger partial charge < -0.3 is 4.74 Å². The molecule has 1 aromatic carbocycles. The summed E-state index contributed by atoms with van der Waals surface area (Å²) < 4.78 is 5.75. The predicted molar refractivity (Wildman–Crippen MR) is 49.6 cm³/mol. The SMILES string of the molecule is Cc1ccc2c(c1)CC(C)(C)O2. The van der Waals surface area contributed by atoms with Gasteiger partial charge in [0.1, 0.15) is 11.4 Å². The molecule has 2 rings (SSSR count). The Kier molecular flexibility index (Phi) is 1.44. The van der Waals surface area contributed by atoms with Crippen molar-refractivity contribution < 1.29 is 4.74 Å². The van der Waals surface area contributed by atoms with E-state index in [1.807, 2.05) is 0 Å². The Morgan fingerprint density at radius 3 is 2.83 bits per heavy atom. The maximum Gasteiger partial charge on any atom is 0.123 e. The Morgan fingerprint density at radius 2 is 2.08 bits per heavy atom. The third-order valence-electron chi connectivity index (χ3n) is 2.22. The molecule has 0 fully saturated rings. The second kappa shape index (κ2) is 2.25. The lowest BCUT2D eigenvalue weighted by Crippen LogP contribution is -2.24. The van der Waals surface area contributed by atoms with E-state index in [-0.39, 0.29) is 5.60 Å². The van der Waals surface area contributed by atoms with Gasteiger partial charge in [0.25, 0.3) is 0 Å². The second-order valence-corrected chi connectivity index (χ2v) is 4.15. The number of fused-ring (bicyclic) bond motifs is 1. The molecule has 0 saturated carbocycles. The number of hydrogen-bond donors (Lipinski definition) is 0. The third-order valence-corrected chi connectivity index (χ3v) is 2.22. The smallest absolute Gasteiger partial charge is 0.123 e. The summed E-state index contributed by atoms with van der Waals surface area (Å²) in [6, 6.07) is 6.38. The van der Waals surface area contributed by atoms with Gasteiger partial charge in [-0.2, -0.15) is 0 Å². The number of benzene rings is 1. The first-order chi connectivity index (χ1) is 5.57. The zero-order valence-corrected chi connectivity index (χ0v) is 7.85. The highest BCUT2D eigenvalue weighted by molar-refractivity contribution is 5.41. The van der Waals surface area contributed by atoms with Crippen LogP contribution in [0.15, 0.2) is 18.2 Å². The van der Waals surface area contributed by atoms with E-state index in [1.54, 1.807) is 0 Å². The fourth-order valence-corrected chi connectivity index (χ4v) is 1.74. The summed E-state index contributed by atoms with van der Waals surface area (Å²) in [6.07, 6.45) is 1.03. The summed E-state index contributed by atoms with van der Waals surface area (Å²) in [7, 11) is 0. The lowest BCUT2D eigenvalue weighted by molar-refractivity contribution is 0.138. The van der Waals surface area contributed by atoms with Gasteiger partial charge in [0.2, 0.25) is 0 Å². The van der Waals surface area contributed by atoms with Crippen molar-refractivity contribution in [2.45, 2.75) is 32.8 Å². The molecule has 0 bridgehead atoms. The van der Waals surface area contributed by atoms with Crippen LogP contribution in [0, 0.1) is 6.92 Å². The van der Waals surface area contributed by atoms with Crippen LogP contribution >= 0.6 is 0 Å². The van der Waals surface area contributed by atoms with Gasteiger partial charge in [0.15, 0.2) is 0 Å². The molecule has 0 amide bonds. The molecular weight excluding hydrogens is 148 g/mol. The normalized spacial score (nSPS) is 18.6. The quantitative estimate of drug-likeness (QED) is 0.570. The molecule has 0 N–H and O–H groups in total. The van der Waals surface area contributed by atoms with Crippen molar-refractivity contribution in [2.75, 3.05) is 0 Å². The minimum Gasteiger partial charge on any atom is -0.487 e. The standard InChI is InChI=1S/C11H14O/c1-8-4-5-10-9(6-8)7-11(2,3)12-10/h4-6H,7H2,1-3H3. The highest BCUT2D eigenvalue weighted by Crippen LogP contribution is 2.34. The summed E-state index contributed by atoms with van der Waals surface area (Å²) in [5, 5.41) is 0. The van der Waals surface area contributed by atoms with Crippen LogP contribution in [0.1, 0.15) is 25.0 Å². The maximum absolute atomic E-state index is 5.75. The van der Waals surface area contributed by atoms with Crippen LogP contribution < -0.4 is 4.74 Å². The molecule has 0 radical (unpaired) electrons. The van der Waals surface area contributed by atoms with Crippen LogP contribution in [0.25, 0.3) is 0 Å². The van der Waals surface area contributed by atoms with E-state index in [0.29, 0.717) is 0 Å². The van der Waals surface area contributed by atoms with Crippen LogP contribution in [0.4, 0.5) is 0 Å². The summed E-state index contributed by atoms with van der Waals surface area (Å²) >= 11 is 0. The number of rotatable bonds is 0. The zero-order valence-electron chi connectivity index (χ0n) is 7.85. The molecule has 1 aliphatic heterocycles. The van der Waals surface area contributed by atoms with E-state index in [2.05, 4.69) is 39.0 Å². The van der Waals surface area contributed by atoms with Crippen LogP contribution in [0.3, 0.4) is 0 Å². The molecule has 1 nitrogen and oxygen atoms in total. The van der Waals surface area contributed by atoms with Crippen molar-refractivity contribution in [1.82, 2.24) is 0 Å². The molecule has 1 heterocycles. The van der Waals surface area contributed by atoms with Gasteiger partial charge in [-0.25, -0.2) is 0 Å². The summed E-state index contributed by atoms with van der Waals surface area (Å²) in [5.74, 6) is 1.06. The van der Waals surface area contributed by atoms with E-state index in [9.17, 15) is 0 Å². The van der Waals surface area contributed by atoms with Crippen LogP contribution in [0.5, 0.6) is 5.75 Å². The molecule has 1 aromatic rings. The average Bonchev–Trinajstić information content (AvgIpc) is 2.21. The Morgan fingerprint density at radius 1 is 1.33 bits per heavy atom. The fourth-order valence-electron chi connectivity index (χ4n) is 1.74. The van der Waals surface area contributed by atoms with Gasteiger partial charge in [0.05, 0.1) is 0 Å². The van der Waals surface area contributed by atoms with Crippen LogP contribution in [-0.4, -0.2) is 5.60 Å². The molecular formula is C11H14O. The molecule has 0 aliphatic carbocycles. The number of aryl methyl sites for hydroxylation is 1. The molecule has 0 saturated heterocycles. The van der Waals surface area contributed by atoms with E-state index < -0.39 is 0 Å². The van der Waals surface area contributed by atoms with E-state index in [4.69, 9.17) is 4.74 Å². The predicted octanol–water partition coefficient (Wildman–Crippen LogP) is 2.71. The first-order valence-corrected chi connectivity index (χ1v) is 4.35. The Labute approximate surface area is 73.4 Å². The molecule has 0 aromatic heterocycles. The fraction of sp³-hybridized carbons (Fsp3) is 0.455. The maximum atomic E-state index is 5.75. The van der Waals surface area contributed by atoms with E-state index in [1.165, 1.54) is 11.1 Å². The van der Waals surface area contributed by atoms with E-state index >= 15 is 0 Å². The Balaban J connectivity index is 2.43. The van der Waals surface area contributed by atoms with Gasteiger partial charge in [0, 0.05) is 6.42 Å². The molecule has 0 atom stereocenters. The summed E-state index contributed by atoms with van der Waals surface area (Å²) in [4.78, 5) is 0. The summed E-state index contributed by atoms with van der Waals surface area (Å²) in [5.41, 5.74) is 2.66. The number of ether oxygens (including phenoxy) is 1. The summed E-state index contributed by atoms with van der Waals surface area (Å²) in [6.45, 7) is 6.37. The molecule has 1 heteroatoms. The lowest BCUT2D eigenvalue weighted by Gasteiger charge is -2.16. The highest BCUT2D eigenvalue weighted by atomic mass is 16.5. The monoisotopic (exact) mass is 162 g/mol. The van der Waals surface area contributed by atoms with Gasteiger partial charge in [-0.1, -0.05) is 17.7 Å². The van der Waals surface area contributed by atoms with Crippen molar-refractivity contribution in [3.8, 4) is 5.75 Å². The molecule has 12 heavy (non-hydrogen) atoms. The van der Waals surface area contributed by atoms with Gasteiger partial charge in [-0.05, 0) is 32.4 Å². The van der Waals surface area contributed by atoms with Gasteiger partial charge in [-0.15, -0.1) is 0 Å². The van der Waals surface area contributed by atoms with Crippen LogP contribution in [-0.2, 0) is 6.42 Å². The van der Waals surface area contributed by atoms with Gasteiger partial charge >= 0.3 is 0 Å². The van der Waals surface area contributed by atoms with Crippen molar-refractivity contribution in [3.63, 3.8) is 0 Å².